The van der Waals surface area contributed by atoms with Gasteiger partial charge in [-0.25, -0.2) is 0 Å². The fourth-order valence-electron chi connectivity index (χ4n) is 4.05. The molecule has 1 N–H and O–H groups in total. The molecule has 6 heteroatoms. The minimum atomic E-state index is -0.607. The Labute approximate surface area is 186 Å². The number of hydrogen-bond donors (Lipinski definition) is 1. The molecule has 1 aromatic heterocycles. The molecule has 0 radical (unpaired) electrons. The van der Waals surface area contributed by atoms with Gasteiger partial charge in [-0.1, -0.05) is 57.9 Å². The molecule has 3 aromatic carbocycles. The Morgan fingerprint density at radius 3 is 2.42 bits per heavy atom. The van der Waals surface area contributed by atoms with Crippen molar-refractivity contribution in [2.24, 2.45) is 0 Å². The zero-order valence-electron chi connectivity index (χ0n) is 16.6. The van der Waals surface area contributed by atoms with Crippen molar-refractivity contribution in [3.8, 4) is 5.75 Å². The van der Waals surface area contributed by atoms with Crippen molar-refractivity contribution in [3.05, 3.63) is 109 Å². The molecule has 0 bridgehead atoms. The highest BCUT2D eigenvalue weighted by atomic mass is 79.9. The van der Waals surface area contributed by atoms with Crippen LogP contribution in [-0.4, -0.2) is 15.9 Å². The Balaban J connectivity index is 1.72. The highest BCUT2D eigenvalue weighted by Crippen LogP contribution is 2.39. The Morgan fingerprint density at radius 2 is 1.71 bits per heavy atom. The van der Waals surface area contributed by atoms with Gasteiger partial charge < -0.3 is 14.4 Å². The number of fused-ring (bicyclic) bond motifs is 2. The Hall–Kier alpha value is -3.38. The molecule has 0 spiro atoms. The van der Waals surface area contributed by atoms with Crippen LogP contribution in [0.3, 0.4) is 0 Å². The van der Waals surface area contributed by atoms with E-state index in [1.165, 1.54) is 0 Å². The zero-order chi connectivity index (χ0) is 21.7. The first kappa shape index (κ1) is 19.6. The van der Waals surface area contributed by atoms with Gasteiger partial charge in [0.25, 0.3) is 5.91 Å². The van der Waals surface area contributed by atoms with Crippen molar-refractivity contribution in [2.45, 2.75) is 19.5 Å². The normalized spacial score (nSPS) is 15.5. The van der Waals surface area contributed by atoms with Gasteiger partial charge in [0.05, 0.1) is 17.0 Å². The third-order valence-corrected chi connectivity index (χ3v) is 6.10. The maximum Gasteiger partial charge on any atom is 0.291 e. The smallest absolute Gasteiger partial charge is 0.291 e. The van der Waals surface area contributed by atoms with E-state index in [1.807, 2.05) is 31.2 Å². The van der Waals surface area contributed by atoms with E-state index in [2.05, 4.69) is 15.9 Å². The number of rotatable bonds is 3. The van der Waals surface area contributed by atoms with Crippen LogP contribution in [0.2, 0.25) is 0 Å². The standard InChI is InChI=1S/C25H18BrNO4/c1-14-2-4-15(5-3-14)13-27-22(16-6-9-18(28)10-7-16)21-23(29)19-12-17(26)8-11-20(19)31-24(21)25(27)30/h2-12,22,28H,13H2,1H3/t22-/m1/s1. The molecular formula is C25H18BrNO4. The van der Waals surface area contributed by atoms with Gasteiger partial charge in [-0.3, -0.25) is 9.59 Å². The third-order valence-electron chi connectivity index (χ3n) is 5.61. The molecule has 0 saturated carbocycles. The van der Waals surface area contributed by atoms with E-state index in [0.29, 0.717) is 23.1 Å². The number of aromatic hydroxyl groups is 1. The summed E-state index contributed by atoms with van der Waals surface area (Å²) in [5.74, 6) is -0.131. The fourth-order valence-corrected chi connectivity index (χ4v) is 4.41. The number of benzene rings is 3. The Morgan fingerprint density at radius 1 is 1.00 bits per heavy atom. The van der Waals surface area contributed by atoms with E-state index in [4.69, 9.17) is 4.42 Å². The van der Waals surface area contributed by atoms with Crippen molar-refractivity contribution in [1.29, 1.82) is 0 Å². The predicted octanol–water partition coefficient (Wildman–Crippen LogP) is 5.31. The van der Waals surface area contributed by atoms with Gasteiger partial charge in [-0.15, -0.1) is 0 Å². The molecule has 1 aliphatic heterocycles. The molecule has 1 atom stereocenters. The Kier molecular flexibility index (Phi) is 4.67. The molecule has 0 saturated heterocycles. The molecule has 154 valence electrons. The number of amides is 1. The van der Waals surface area contributed by atoms with Crippen LogP contribution in [-0.2, 0) is 6.54 Å². The summed E-state index contributed by atoms with van der Waals surface area (Å²) in [7, 11) is 0. The predicted molar refractivity (Wildman–Crippen MR) is 121 cm³/mol. The summed E-state index contributed by atoms with van der Waals surface area (Å²) in [4.78, 5) is 28.6. The SMILES string of the molecule is Cc1ccc(CN2C(=O)c3oc4ccc(Br)cc4c(=O)c3[C@H]2c2ccc(O)cc2)cc1. The van der Waals surface area contributed by atoms with E-state index < -0.39 is 6.04 Å². The summed E-state index contributed by atoms with van der Waals surface area (Å²) in [6.07, 6.45) is 0. The van der Waals surface area contributed by atoms with Gasteiger partial charge >= 0.3 is 0 Å². The number of carbonyl (C=O) groups is 1. The maximum atomic E-state index is 13.5. The first-order valence-electron chi connectivity index (χ1n) is 9.84. The number of carbonyl (C=O) groups excluding carboxylic acids is 1. The summed E-state index contributed by atoms with van der Waals surface area (Å²) in [6, 6.07) is 19.1. The van der Waals surface area contributed by atoms with Crippen molar-refractivity contribution < 1.29 is 14.3 Å². The lowest BCUT2D eigenvalue weighted by atomic mass is 9.98. The quantitative estimate of drug-likeness (QED) is 0.435. The van der Waals surface area contributed by atoms with Gasteiger partial charge in [0.1, 0.15) is 11.3 Å². The molecule has 31 heavy (non-hydrogen) atoms. The van der Waals surface area contributed by atoms with E-state index in [9.17, 15) is 14.7 Å². The Bertz CT molecular complexity index is 1370. The lowest BCUT2D eigenvalue weighted by Gasteiger charge is -2.25. The number of phenols is 1. The second kappa shape index (κ2) is 7.39. The number of phenolic OH excluding ortho intramolecular Hbond substituents is 1. The average molecular weight is 476 g/mol. The van der Waals surface area contributed by atoms with Gasteiger partial charge in [0, 0.05) is 11.0 Å². The lowest BCUT2D eigenvalue weighted by Crippen LogP contribution is -2.29. The summed E-state index contributed by atoms with van der Waals surface area (Å²) in [6.45, 7) is 2.33. The highest BCUT2D eigenvalue weighted by Gasteiger charge is 2.42. The van der Waals surface area contributed by atoms with Crippen LogP contribution >= 0.6 is 15.9 Å². The number of halogens is 1. The first-order chi connectivity index (χ1) is 14.9. The molecule has 5 rings (SSSR count). The average Bonchev–Trinajstić information content (AvgIpc) is 3.03. The third kappa shape index (κ3) is 3.33. The molecule has 0 fully saturated rings. The van der Waals surface area contributed by atoms with Crippen molar-refractivity contribution in [1.82, 2.24) is 4.90 Å². The van der Waals surface area contributed by atoms with Gasteiger partial charge in [0.2, 0.25) is 5.76 Å². The largest absolute Gasteiger partial charge is 0.508 e. The zero-order valence-corrected chi connectivity index (χ0v) is 18.2. The minimum Gasteiger partial charge on any atom is -0.508 e. The molecule has 5 nitrogen and oxygen atoms in total. The van der Waals surface area contributed by atoms with Crippen molar-refractivity contribution in [3.63, 3.8) is 0 Å². The topological polar surface area (TPSA) is 70.8 Å². The molecule has 1 aliphatic rings. The van der Waals surface area contributed by atoms with Crippen LogP contribution in [0.25, 0.3) is 11.0 Å². The van der Waals surface area contributed by atoms with Gasteiger partial charge in [-0.2, -0.15) is 0 Å². The number of aryl methyl sites for hydroxylation is 1. The monoisotopic (exact) mass is 475 g/mol. The van der Waals surface area contributed by atoms with E-state index in [0.717, 1.165) is 21.2 Å². The minimum absolute atomic E-state index is 0.0741. The molecule has 0 aliphatic carbocycles. The van der Waals surface area contributed by atoms with Crippen LogP contribution in [0.5, 0.6) is 5.75 Å². The summed E-state index contributed by atoms with van der Waals surface area (Å²) >= 11 is 3.40. The summed E-state index contributed by atoms with van der Waals surface area (Å²) in [5.41, 5.74) is 3.29. The van der Waals surface area contributed by atoms with Crippen LogP contribution in [0.15, 0.2) is 80.4 Å². The van der Waals surface area contributed by atoms with Crippen LogP contribution in [0.1, 0.15) is 38.9 Å². The number of nitrogens with zero attached hydrogens (tertiary/aromatic N) is 1. The van der Waals surface area contributed by atoms with Crippen molar-refractivity contribution >= 4 is 32.8 Å². The molecule has 0 unspecified atom stereocenters. The van der Waals surface area contributed by atoms with E-state index in [-0.39, 0.29) is 22.8 Å². The molecule has 2 heterocycles. The maximum absolute atomic E-state index is 13.5. The fraction of sp³-hybridized carbons (Fsp3) is 0.120. The van der Waals surface area contributed by atoms with Crippen molar-refractivity contribution in [2.75, 3.05) is 0 Å². The van der Waals surface area contributed by atoms with Gasteiger partial charge in [-0.05, 0) is 48.4 Å². The highest BCUT2D eigenvalue weighted by molar-refractivity contribution is 9.10. The van der Waals surface area contributed by atoms with Gasteiger partial charge in [0.15, 0.2) is 5.43 Å². The van der Waals surface area contributed by atoms with Crippen LogP contribution in [0, 0.1) is 6.92 Å². The van der Waals surface area contributed by atoms with E-state index in [1.54, 1.807) is 47.4 Å². The second-order valence-corrected chi connectivity index (χ2v) is 8.64. The molecule has 1 amide bonds. The first-order valence-corrected chi connectivity index (χ1v) is 10.6. The summed E-state index contributed by atoms with van der Waals surface area (Å²) in [5, 5.41) is 10.2. The van der Waals surface area contributed by atoms with Crippen LogP contribution < -0.4 is 5.43 Å². The van der Waals surface area contributed by atoms with Crippen LogP contribution in [0.4, 0.5) is 0 Å². The summed E-state index contributed by atoms with van der Waals surface area (Å²) < 4.78 is 6.71. The number of hydrogen-bond acceptors (Lipinski definition) is 4. The lowest BCUT2D eigenvalue weighted by molar-refractivity contribution is 0.0714. The second-order valence-electron chi connectivity index (χ2n) is 7.73. The molecular weight excluding hydrogens is 458 g/mol. The molecule has 4 aromatic rings. The van der Waals surface area contributed by atoms with E-state index >= 15 is 0 Å².